The van der Waals surface area contributed by atoms with Crippen LogP contribution in [0.25, 0.3) is 0 Å². The van der Waals surface area contributed by atoms with Crippen molar-refractivity contribution in [1.82, 2.24) is 15.3 Å². The second-order valence-electron chi connectivity index (χ2n) is 3.62. The van der Waals surface area contributed by atoms with E-state index in [-0.39, 0.29) is 6.10 Å². The SMILES string of the molecule is CCOc1ccnc(OCC2CNCCO2)n1. The van der Waals surface area contributed by atoms with Crippen LogP contribution in [0.1, 0.15) is 6.92 Å². The third kappa shape index (κ3) is 3.83. The minimum atomic E-state index is 0.0584. The Labute approximate surface area is 100 Å². The molecule has 1 N–H and O–H groups in total. The Hall–Kier alpha value is -1.40. The van der Waals surface area contributed by atoms with Crippen LogP contribution in [0, 0.1) is 0 Å². The first-order valence-corrected chi connectivity index (χ1v) is 5.79. The summed E-state index contributed by atoms with van der Waals surface area (Å²) in [5.41, 5.74) is 0. The Bertz CT molecular complexity index is 342. The van der Waals surface area contributed by atoms with Crippen LogP contribution in [-0.2, 0) is 4.74 Å². The van der Waals surface area contributed by atoms with Crippen molar-refractivity contribution in [2.24, 2.45) is 0 Å². The van der Waals surface area contributed by atoms with Crippen LogP contribution in [0.15, 0.2) is 12.3 Å². The van der Waals surface area contributed by atoms with E-state index in [9.17, 15) is 0 Å². The van der Waals surface area contributed by atoms with Gasteiger partial charge in [0.15, 0.2) is 0 Å². The van der Waals surface area contributed by atoms with Crippen molar-refractivity contribution in [2.75, 3.05) is 32.9 Å². The molecule has 1 atom stereocenters. The molecule has 17 heavy (non-hydrogen) atoms. The molecular weight excluding hydrogens is 222 g/mol. The van der Waals surface area contributed by atoms with Crippen molar-refractivity contribution < 1.29 is 14.2 Å². The lowest BCUT2D eigenvalue weighted by molar-refractivity contribution is -0.00192. The summed E-state index contributed by atoms with van der Waals surface area (Å²) in [5, 5.41) is 3.23. The fourth-order valence-electron chi connectivity index (χ4n) is 1.52. The van der Waals surface area contributed by atoms with Crippen molar-refractivity contribution in [3.05, 3.63) is 12.3 Å². The lowest BCUT2D eigenvalue weighted by atomic mass is 10.3. The number of nitrogens with one attached hydrogen (secondary N) is 1. The number of hydrogen-bond acceptors (Lipinski definition) is 6. The Kier molecular flexibility index (Phi) is 4.52. The zero-order valence-corrected chi connectivity index (χ0v) is 9.89. The zero-order chi connectivity index (χ0) is 11.9. The van der Waals surface area contributed by atoms with E-state index in [1.54, 1.807) is 12.3 Å². The van der Waals surface area contributed by atoms with E-state index in [1.165, 1.54) is 0 Å². The highest BCUT2D eigenvalue weighted by Crippen LogP contribution is 2.10. The maximum Gasteiger partial charge on any atom is 0.319 e. The molecule has 1 aromatic rings. The first kappa shape index (κ1) is 12.1. The molecule has 94 valence electrons. The molecule has 0 aromatic carbocycles. The smallest absolute Gasteiger partial charge is 0.319 e. The number of aromatic nitrogens is 2. The van der Waals surface area contributed by atoms with Gasteiger partial charge in [0.25, 0.3) is 0 Å². The van der Waals surface area contributed by atoms with E-state index in [0.717, 1.165) is 13.1 Å². The van der Waals surface area contributed by atoms with Gasteiger partial charge in [-0.05, 0) is 6.92 Å². The molecule has 1 saturated heterocycles. The van der Waals surface area contributed by atoms with Gasteiger partial charge in [0, 0.05) is 25.4 Å². The highest BCUT2D eigenvalue weighted by molar-refractivity contribution is 5.10. The molecule has 1 unspecified atom stereocenters. The number of rotatable bonds is 5. The Morgan fingerprint density at radius 3 is 3.24 bits per heavy atom. The summed E-state index contributed by atoms with van der Waals surface area (Å²) in [6.07, 6.45) is 1.68. The van der Waals surface area contributed by atoms with Gasteiger partial charge in [-0.2, -0.15) is 4.98 Å². The average molecular weight is 239 g/mol. The molecular formula is C11H17N3O3. The minimum absolute atomic E-state index is 0.0584. The molecule has 2 heterocycles. The van der Waals surface area contributed by atoms with E-state index < -0.39 is 0 Å². The van der Waals surface area contributed by atoms with Gasteiger partial charge in [0.2, 0.25) is 5.88 Å². The van der Waals surface area contributed by atoms with Gasteiger partial charge < -0.3 is 19.5 Å². The molecule has 1 fully saturated rings. The van der Waals surface area contributed by atoms with Crippen LogP contribution in [0.3, 0.4) is 0 Å². The van der Waals surface area contributed by atoms with Gasteiger partial charge in [0.05, 0.1) is 13.2 Å². The van der Waals surface area contributed by atoms with Gasteiger partial charge in [-0.1, -0.05) is 0 Å². The van der Waals surface area contributed by atoms with Crippen LogP contribution in [-0.4, -0.2) is 49.0 Å². The van der Waals surface area contributed by atoms with Gasteiger partial charge in [-0.15, -0.1) is 0 Å². The van der Waals surface area contributed by atoms with Gasteiger partial charge in [-0.25, -0.2) is 4.98 Å². The Morgan fingerprint density at radius 2 is 2.47 bits per heavy atom. The van der Waals surface area contributed by atoms with E-state index in [4.69, 9.17) is 14.2 Å². The van der Waals surface area contributed by atoms with Crippen molar-refractivity contribution in [1.29, 1.82) is 0 Å². The third-order valence-electron chi connectivity index (χ3n) is 2.30. The molecule has 6 nitrogen and oxygen atoms in total. The first-order valence-electron chi connectivity index (χ1n) is 5.79. The highest BCUT2D eigenvalue weighted by atomic mass is 16.5. The van der Waals surface area contributed by atoms with E-state index in [0.29, 0.717) is 31.7 Å². The summed E-state index contributed by atoms with van der Waals surface area (Å²) in [6.45, 7) is 5.34. The Morgan fingerprint density at radius 1 is 1.53 bits per heavy atom. The van der Waals surface area contributed by atoms with Crippen LogP contribution in [0.4, 0.5) is 0 Å². The lowest BCUT2D eigenvalue weighted by Gasteiger charge is -2.23. The maximum atomic E-state index is 5.50. The molecule has 0 saturated carbocycles. The third-order valence-corrected chi connectivity index (χ3v) is 2.30. The number of ether oxygens (including phenoxy) is 3. The standard InChI is InChI=1S/C11H17N3O3/c1-2-15-10-3-4-13-11(14-10)17-8-9-7-12-5-6-16-9/h3-4,9,12H,2,5-8H2,1H3. The number of morpholine rings is 1. The molecule has 0 radical (unpaired) electrons. The monoisotopic (exact) mass is 239 g/mol. The van der Waals surface area contributed by atoms with Crippen LogP contribution in [0.2, 0.25) is 0 Å². The largest absolute Gasteiger partial charge is 0.478 e. The fourth-order valence-corrected chi connectivity index (χ4v) is 1.52. The molecule has 1 aliphatic heterocycles. The average Bonchev–Trinajstić information content (AvgIpc) is 2.39. The molecule has 1 aromatic heterocycles. The van der Waals surface area contributed by atoms with Crippen LogP contribution < -0.4 is 14.8 Å². The zero-order valence-electron chi connectivity index (χ0n) is 9.89. The predicted octanol–water partition coefficient (Wildman–Crippen LogP) is 0.242. The normalized spacial score (nSPS) is 19.9. The number of hydrogen-bond donors (Lipinski definition) is 1. The quantitative estimate of drug-likeness (QED) is 0.794. The molecule has 0 spiro atoms. The van der Waals surface area contributed by atoms with E-state index in [2.05, 4.69) is 15.3 Å². The van der Waals surface area contributed by atoms with Gasteiger partial charge in [0.1, 0.15) is 12.7 Å². The van der Waals surface area contributed by atoms with Crippen LogP contribution >= 0.6 is 0 Å². The summed E-state index contributed by atoms with van der Waals surface area (Å²) < 4.78 is 16.2. The van der Waals surface area contributed by atoms with E-state index in [1.807, 2.05) is 6.92 Å². The predicted molar refractivity (Wildman–Crippen MR) is 61.3 cm³/mol. The van der Waals surface area contributed by atoms with Gasteiger partial charge >= 0.3 is 6.01 Å². The second-order valence-corrected chi connectivity index (χ2v) is 3.62. The van der Waals surface area contributed by atoms with Crippen molar-refractivity contribution >= 4 is 0 Å². The van der Waals surface area contributed by atoms with E-state index >= 15 is 0 Å². The topological polar surface area (TPSA) is 65.5 Å². The number of nitrogens with zero attached hydrogens (tertiary/aromatic N) is 2. The lowest BCUT2D eigenvalue weighted by Crippen LogP contribution is -2.41. The second kappa shape index (κ2) is 6.36. The summed E-state index contributed by atoms with van der Waals surface area (Å²) in [5.74, 6) is 0.528. The minimum Gasteiger partial charge on any atom is -0.478 e. The molecule has 6 heteroatoms. The molecule has 0 bridgehead atoms. The maximum absolute atomic E-state index is 5.50. The molecule has 0 aliphatic carbocycles. The fraction of sp³-hybridized carbons (Fsp3) is 0.636. The van der Waals surface area contributed by atoms with Crippen molar-refractivity contribution in [3.8, 4) is 11.9 Å². The molecule has 2 rings (SSSR count). The van der Waals surface area contributed by atoms with Crippen molar-refractivity contribution in [3.63, 3.8) is 0 Å². The van der Waals surface area contributed by atoms with Crippen LogP contribution in [0.5, 0.6) is 11.9 Å². The summed E-state index contributed by atoms with van der Waals surface area (Å²) in [7, 11) is 0. The molecule has 0 amide bonds. The molecule has 1 aliphatic rings. The first-order chi connectivity index (χ1) is 8.38. The summed E-state index contributed by atoms with van der Waals surface area (Å²) in [6, 6.07) is 2.03. The highest BCUT2D eigenvalue weighted by Gasteiger charge is 2.14. The van der Waals surface area contributed by atoms with Gasteiger partial charge in [-0.3, -0.25) is 0 Å². The summed E-state index contributed by atoms with van der Waals surface area (Å²) >= 11 is 0. The summed E-state index contributed by atoms with van der Waals surface area (Å²) in [4.78, 5) is 8.13. The van der Waals surface area contributed by atoms with Crippen molar-refractivity contribution in [2.45, 2.75) is 13.0 Å². The Balaban J connectivity index is 1.83.